The minimum atomic E-state index is 0.0618. The molecule has 0 aliphatic carbocycles. The highest BCUT2D eigenvalue weighted by molar-refractivity contribution is 5.94. The predicted octanol–water partition coefficient (Wildman–Crippen LogP) is 1.74. The first-order valence-corrected chi connectivity index (χ1v) is 8.34. The summed E-state index contributed by atoms with van der Waals surface area (Å²) >= 11 is 0. The molecule has 5 nitrogen and oxygen atoms in total. The number of aryl methyl sites for hydroxylation is 1. The highest BCUT2D eigenvalue weighted by Crippen LogP contribution is 2.25. The second-order valence-corrected chi connectivity index (χ2v) is 6.45. The van der Waals surface area contributed by atoms with Gasteiger partial charge in [0.15, 0.2) is 0 Å². The van der Waals surface area contributed by atoms with Crippen molar-refractivity contribution in [2.45, 2.75) is 19.4 Å². The van der Waals surface area contributed by atoms with E-state index < -0.39 is 0 Å². The molecule has 0 radical (unpaired) electrons. The van der Waals surface area contributed by atoms with Crippen LogP contribution in [-0.2, 0) is 4.74 Å². The van der Waals surface area contributed by atoms with Crippen molar-refractivity contribution in [1.29, 1.82) is 0 Å². The molecule has 0 bridgehead atoms. The number of amides is 1. The molecule has 0 aromatic carbocycles. The number of hydrogen-bond acceptors (Lipinski definition) is 4. The van der Waals surface area contributed by atoms with Crippen molar-refractivity contribution >= 4 is 5.91 Å². The first-order chi connectivity index (χ1) is 11.2. The highest BCUT2D eigenvalue weighted by atomic mass is 16.5. The maximum atomic E-state index is 12.6. The van der Waals surface area contributed by atoms with Gasteiger partial charge in [0.2, 0.25) is 0 Å². The van der Waals surface area contributed by atoms with Crippen molar-refractivity contribution in [2.75, 3.05) is 39.3 Å². The van der Waals surface area contributed by atoms with Gasteiger partial charge in [0, 0.05) is 50.5 Å². The van der Waals surface area contributed by atoms with Crippen molar-refractivity contribution in [3.8, 4) is 0 Å². The van der Waals surface area contributed by atoms with Gasteiger partial charge in [0.25, 0.3) is 5.91 Å². The summed E-state index contributed by atoms with van der Waals surface area (Å²) < 4.78 is 6.03. The molecule has 124 valence electrons. The van der Waals surface area contributed by atoms with E-state index in [1.54, 1.807) is 6.20 Å². The lowest BCUT2D eigenvalue weighted by atomic mass is 9.93. The molecule has 2 saturated heterocycles. The summed E-state index contributed by atoms with van der Waals surface area (Å²) in [6.07, 6.45) is 4.75. The largest absolute Gasteiger partial charge is 0.375 e. The van der Waals surface area contributed by atoms with Crippen molar-refractivity contribution in [1.82, 2.24) is 14.8 Å². The van der Waals surface area contributed by atoms with E-state index in [9.17, 15) is 4.79 Å². The minimum absolute atomic E-state index is 0.0618. The quantitative estimate of drug-likeness (QED) is 0.797. The van der Waals surface area contributed by atoms with Gasteiger partial charge in [-0.05, 0) is 25.5 Å². The Bertz CT molecular complexity index is 558. The van der Waals surface area contributed by atoms with Crippen LogP contribution in [0.15, 0.2) is 31.0 Å². The van der Waals surface area contributed by atoms with Gasteiger partial charge in [-0.25, -0.2) is 0 Å². The van der Waals surface area contributed by atoms with E-state index in [0.717, 1.165) is 44.9 Å². The van der Waals surface area contributed by atoms with Crippen molar-refractivity contribution in [2.24, 2.45) is 5.92 Å². The highest BCUT2D eigenvalue weighted by Gasteiger charge is 2.35. The molecule has 2 unspecified atom stereocenters. The molecule has 0 saturated carbocycles. The van der Waals surface area contributed by atoms with Crippen LogP contribution in [0.1, 0.15) is 22.5 Å². The zero-order valence-electron chi connectivity index (χ0n) is 13.8. The molecule has 2 fully saturated rings. The lowest BCUT2D eigenvalue weighted by molar-refractivity contribution is -0.0171. The van der Waals surface area contributed by atoms with E-state index in [-0.39, 0.29) is 12.0 Å². The van der Waals surface area contributed by atoms with Crippen LogP contribution in [0.5, 0.6) is 0 Å². The molecular formula is C18H25N3O2. The molecule has 0 spiro atoms. The number of ether oxygens (including phenoxy) is 1. The maximum absolute atomic E-state index is 12.6. The molecule has 23 heavy (non-hydrogen) atoms. The second-order valence-electron chi connectivity index (χ2n) is 6.45. The third kappa shape index (κ3) is 3.79. The van der Waals surface area contributed by atoms with Crippen molar-refractivity contribution < 1.29 is 9.53 Å². The zero-order valence-corrected chi connectivity index (χ0v) is 13.8. The van der Waals surface area contributed by atoms with Crippen LogP contribution in [0.3, 0.4) is 0 Å². The lowest BCUT2D eigenvalue weighted by Gasteiger charge is -2.38. The molecule has 1 aromatic rings. The second kappa shape index (κ2) is 7.23. The molecule has 2 atom stereocenters. The number of rotatable bonds is 3. The smallest absolute Gasteiger partial charge is 0.255 e. The van der Waals surface area contributed by atoms with Gasteiger partial charge < -0.3 is 9.64 Å². The fourth-order valence-corrected chi connectivity index (χ4v) is 3.43. The predicted molar refractivity (Wildman–Crippen MR) is 89.4 cm³/mol. The molecule has 2 aliphatic rings. The van der Waals surface area contributed by atoms with Gasteiger partial charge in [-0.15, -0.1) is 6.58 Å². The molecule has 5 heteroatoms. The number of nitrogens with zero attached hydrogens (tertiary/aromatic N) is 3. The average molecular weight is 315 g/mol. The Kier molecular flexibility index (Phi) is 5.08. The summed E-state index contributed by atoms with van der Waals surface area (Å²) in [4.78, 5) is 21.2. The fourth-order valence-electron chi connectivity index (χ4n) is 3.43. The summed E-state index contributed by atoms with van der Waals surface area (Å²) in [6.45, 7) is 10.8. The SMILES string of the molecule is C=CCN1CCOC2CN(C(=O)c3ccc(C)nc3)CCC2C1. The van der Waals surface area contributed by atoms with Crippen LogP contribution in [0, 0.1) is 12.8 Å². The summed E-state index contributed by atoms with van der Waals surface area (Å²) in [6, 6.07) is 3.74. The number of piperidine rings is 1. The molecule has 2 aliphatic heterocycles. The van der Waals surface area contributed by atoms with Crippen LogP contribution >= 0.6 is 0 Å². The van der Waals surface area contributed by atoms with Crippen LogP contribution in [-0.4, -0.2) is 66.1 Å². The molecule has 1 aromatic heterocycles. The Balaban J connectivity index is 1.64. The van der Waals surface area contributed by atoms with E-state index in [0.29, 0.717) is 18.0 Å². The van der Waals surface area contributed by atoms with Gasteiger partial charge in [-0.2, -0.15) is 0 Å². The molecule has 3 heterocycles. The van der Waals surface area contributed by atoms with Gasteiger partial charge in [0.05, 0.1) is 18.3 Å². The Morgan fingerprint density at radius 2 is 2.30 bits per heavy atom. The van der Waals surface area contributed by atoms with Crippen LogP contribution in [0.2, 0.25) is 0 Å². The number of likely N-dealkylation sites (tertiary alicyclic amines) is 1. The number of aromatic nitrogens is 1. The van der Waals surface area contributed by atoms with Gasteiger partial charge >= 0.3 is 0 Å². The molecular weight excluding hydrogens is 290 g/mol. The van der Waals surface area contributed by atoms with E-state index in [1.165, 1.54) is 0 Å². The number of hydrogen-bond donors (Lipinski definition) is 0. The maximum Gasteiger partial charge on any atom is 0.255 e. The standard InChI is InChI=1S/C18H25N3O2/c1-3-7-20-9-10-23-17-13-21(8-6-16(17)12-20)18(22)15-5-4-14(2)19-11-15/h3-5,11,16-17H,1,6-10,12-13H2,2H3. The van der Waals surface area contributed by atoms with Crippen LogP contribution in [0.4, 0.5) is 0 Å². The Morgan fingerprint density at radius 3 is 3.04 bits per heavy atom. The van der Waals surface area contributed by atoms with E-state index >= 15 is 0 Å². The van der Waals surface area contributed by atoms with Gasteiger partial charge in [-0.3, -0.25) is 14.7 Å². The molecule has 1 amide bonds. The first kappa shape index (κ1) is 16.1. The monoisotopic (exact) mass is 315 g/mol. The first-order valence-electron chi connectivity index (χ1n) is 8.34. The van der Waals surface area contributed by atoms with E-state index in [2.05, 4.69) is 16.5 Å². The normalized spacial score (nSPS) is 25.5. The topological polar surface area (TPSA) is 45.7 Å². The molecule has 3 rings (SSSR count). The third-order valence-corrected chi connectivity index (χ3v) is 4.76. The van der Waals surface area contributed by atoms with Crippen molar-refractivity contribution in [3.05, 3.63) is 42.2 Å². The van der Waals surface area contributed by atoms with Crippen LogP contribution in [0.25, 0.3) is 0 Å². The lowest BCUT2D eigenvalue weighted by Crippen LogP contribution is -2.49. The van der Waals surface area contributed by atoms with Crippen LogP contribution < -0.4 is 0 Å². The Labute approximate surface area is 137 Å². The third-order valence-electron chi connectivity index (χ3n) is 4.76. The van der Waals surface area contributed by atoms with Crippen molar-refractivity contribution in [3.63, 3.8) is 0 Å². The summed E-state index contributed by atoms with van der Waals surface area (Å²) in [5.74, 6) is 0.560. The number of fused-ring (bicyclic) bond motifs is 1. The Hall–Kier alpha value is -1.72. The summed E-state index contributed by atoms with van der Waals surface area (Å²) in [5.41, 5.74) is 1.59. The van der Waals surface area contributed by atoms with E-state index in [4.69, 9.17) is 4.74 Å². The number of carbonyl (C=O) groups is 1. The average Bonchev–Trinajstić information content (AvgIpc) is 2.76. The minimum Gasteiger partial charge on any atom is -0.375 e. The number of pyridine rings is 1. The number of carbonyl (C=O) groups excluding carboxylic acids is 1. The van der Waals surface area contributed by atoms with E-state index in [1.807, 2.05) is 30.0 Å². The molecule has 0 N–H and O–H groups in total. The fraction of sp³-hybridized carbons (Fsp3) is 0.556. The summed E-state index contributed by atoms with van der Waals surface area (Å²) in [7, 11) is 0. The zero-order chi connectivity index (χ0) is 16.2. The summed E-state index contributed by atoms with van der Waals surface area (Å²) in [5, 5.41) is 0. The van der Waals surface area contributed by atoms with Gasteiger partial charge in [0.1, 0.15) is 0 Å². The Morgan fingerprint density at radius 1 is 1.43 bits per heavy atom. The van der Waals surface area contributed by atoms with Gasteiger partial charge in [-0.1, -0.05) is 6.08 Å².